The molecule has 10 heavy (non-hydrogen) atoms. The van der Waals surface area contributed by atoms with Gasteiger partial charge in [-0.25, -0.2) is 0 Å². The van der Waals surface area contributed by atoms with Crippen LogP contribution < -0.4 is 0 Å². The first kappa shape index (κ1) is 9.22. The Hall–Kier alpha value is -0.780. The molecule has 0 rings (SSSR count). The molecule has 0 aliphatic heterocycles. The maximum Gasteiger partial charge on any atom is -0.0287 e. The molecule has 0 nitrogen and oxygen atoms in total. The second-order valence-corrected chi connectivity index (χ2v) is 2.54. The van der Waals surface area contributed by atoms with Gasteiger partial charge in [-0.05, 0) is 12.8 Å². The Morgan fingerprint density at radius 1 is 0.900 bits per heavy atom. The number of hydrogen-bond donors (Lipinski definition) is 0. The van der Waals surface area contributed by atoms with Crippen LogP contribution in [0, 0.1) is 5.92 Å². The summed E-state index contributed by atoms with van der Waals surface area (Å²) in [6.07, 6.45) is 12.3. The van der Waals surface area contributed by atoms with Gasteiger partial charge in [0.25, 0.3) is 0 Å². The summed E-state index contributed by atoms with van der Waals surface area (Å²) in [6.45, 7) is 6.34. The van der Waals surface area contributed by atoms with Crippen molar-refractivity contribution in [3.63, 3.8) is 0 Å². The first-order chi connectivity index (χ1) is 4.77. The number of rotatable bonds is 3. The van der Waals surface area contributed by atoms with Gasteiger partial charge in [0, 0.05) is 0 Å². The van der Waals surface area contributed by atoms with E-state index in [-0.39, 0.29) is 0 Å². The summed E-state index contributed by atoms with van der Waals surface area (Å²) in [5.74, 6) is 0.648. The van der Waals surface area contributed by atoms with Gasteiger partial charge in [-0.15, -0.1) is 0 Å². The molecule has 0 radical (unpaired) electrons. The lowest BCUT2D eigenvalue weighted by Gasteiger charge is -1.88. The second kappa shape index (κ2) is 6.34. The van der Waals surface area contributed by atoms with Crippen molar-refractivity contribution in [3.05, 3.63) is 36.5 Å². The van der Waals surface area contributed by atoms with Crippen molar-refractivity contribution >= 4 is 0 Å². The van der Waals surface area contributed by atoms with E-state index >= 15 is 0 Å². The van der Waals surface area contributed by atoms with E-state index in [1.54, 1.807) is 0 Å². The topological polar surface area (TPSA) is 0 Å². The summed E-state index contributed by atoms with van der Waals surface area (Å²) in [5, 5.41) is 0. The monoisotopic (exact) mass is 136 g/mol. The van der Waals surface area contributed by atoms with Crippen molar-refractivity contribution in [2.75, 3.05) is 0 Å². The van der Waals surface area contributed by atoms with E-state index in [4.69, 9.17) is 0 Å². The van der Waals surface area contributed by atoms with Crippen LogP contribution in [0.2, 0.25) is 0 Å². The average molecular weight is 136 g/mol. The molecule has 0 bridgehead atoms. The molecule has 0 aromatic heterocycles. The highest BCUT2D eigenvalue weighted by atomic mass is 13.8. The molecular formula is C10H16. The van der Waals surface area contributed by atoms with Crippen LogP contribution in [-0.4, -0.2) is 0 Å². The van der Waals surface area contributed by atoms with E-state index in [0.29, 0.717) is 5.92 Å². The lowest BCUT2D eigenvalue weighted by atomic mass is 10.2. The van der Waals surface area contributed by atoms with E-state index in [1.807, 2.05) is 31.2 Å². The van der Waals surface area contributed by atoms with Crippen molar-refractivity contribution in [1.82, 2.24) is 0 Å². The van der Waals surface area contributed by atoms with Gasteiger partial charge in [0.2, 0.25) is 0 Å². The fourth-order valence-corrected chi connectivity index (χ4v) is 0.526. The maximum atomic E-state index is 2.17. The van der Waals surface area contributed by atoms with Crippen LogP contribution in [0.4, 0.5) is 0 Å². The molecule has 0 N–H and O–H groups in total. The summed E-state index contributed by atoms with van der Waals surface area (Å²) in [6, 6.07) is 0. The molecule has 0 atom stereocenters. The normalized spacial score (nSPS) is 13.2. The van der Waals surface area contributed by atoms with Crippen LogP contribution >= 0.6 is 0 Å². The molecule has 0 aliphatic carbocycles. The number of hydrogen-bond acceptors (Lipinski definition) is 0. The van der Waals surface area contributed by atoms with E-state index in [9.17, 15) is 0 Å². The van der Waals surface area contributed by atoms with Gasteiger partial charge in [0.1, 0.15) is 0 Å². The lowest BCUT2D eigenvalue weighted by molar-refractivity contribution is 0.832. The minimum absolute atomic E-state index is 0.648. The molecule has 0 spiro atoms. The van der Waals surface area contributed by atoms with Gasteiger partial charge in [-0.3, -0.25) is 0 Å². The van der Waals surface area contributed by atoms with E-state index in [0.717, 1.165) is 0 Å². The minimum Gasteiger partial charge on any atom is -0.0877 e. The molecule has 0 amide bonds. The smallest absolute Gasteiger partial charge is 0.0287 e. The second-order valence-electron chi connectivity index (χ2n) is 2.54. The zero-order chi connectivity index (χ0) is 7.82. The Bertz CT molecular complexity index is 136. The molecule has 0 aromatic rings. The summed E-state index contributed by atoms with van der Waals surface area (Å²) < 4.78 is 0. The first-order valence-corrected chi connectivity index (χ1v) is 3.73. The van der Waals surface area contributed by atoms with Gasteiger partial charge in [0.05, 0.1) is 0 Å². The van der Waals surface area contributed by atoms with Crippen LogP contribution in [0.25, 0.3) is 0 Å². The predicted molar refractivity (Wildman–Crippen MR) is 47.9 cm³/mol. The van der Waals surface area contributed by atoms with Gasteiger partial charge in [-0.2, -0.15) is 0 Å². The lowest BCUT2D eigenvalue weighted by Crippen LogP contribution is -1.74. The largest absolute Gasteiger partial charge is 0.0877 e. The molecule has 0 fully saturated rings. The zero-order valence-electron chi connectivity index (χ0n) is 7.04. The third kappa shape index (κ3) is 7.22. The van der Waals surface area contributed by atoms with Crippen LogP contribution in [0.15, 0.2) is 36.5 Å². The summed E-state index contributed by atoms with van der Waals surface area (Å²) in [4.78, 5) is 0. The van der Waals surface area contributed by atoms with Crippen molar-refractivity contribution < 1.29 is 0 Å². The zero-order valence-corrected chi connectivity index (χ0v) is 7.04. The molecule has 0 aromatic carbocycles. The summed E-state index contributed by atoms with van der Waals surface area (Å²) in [5.41, 5.74) is 0. The number of allylic oxidation sites excluding steroid dienone is 6. The van der Waals surface area contributed by atoms with Gasteiger partial charge in [-0.1, -0.05) is 50.3 Å². The van der Waals surface area contributed by atoms with E-state index in [1.165, 1.54) is 0 Å². The minimum atomic E-state index is 0.648. The Kier molecular flexibility index (Phi) is 5.85. The molecule has 0 saturated heterocycles. The van der Waals surface area contributed by atoms with Crippen LogP contribution in [-0.2, 0) is 0 Å². The molecule has 0 heteroatoms. The maximum absolute atomic E-state index is 2.17. The standard InChI is InChI=1S/C10H16/c1-4-5-6-7-8-9-10(2)3/h4-10H,1-3H3/b5-4-,7-6-,9-8-. The Labute approximate surface area is 64.0 Å². The molecule has 56 valence electrons. The molecular weight excluding hydrogens is 120 g/mol. The molecule has 0 heterocycles. The Balaban J connectivity index is 3.51. The van der Waals surface area contributed by atoms with Gasteiger partial charge < -0.3 is 0 Å². The fraction of sp³-hybridized carbons (Fsp3) is 0.400. The van der Waals surface area contributed by atoms with Crippen molar-refractivity contribution in [2.45, 2.75) is 20.8 Å². The first-order valence-electron chi connectivity index (χ1n) is 3.73. The van der Waals surface area contributed by atoms with Crippen LogP contribution in [0.3, 0.4) is 0 Å². The van der Waals surface area contributed by atoms with E-state index < -0.39 is 0 Å². The Morgan fingerprint density at radius 2 is 1.50 bits per heavy atom. The van der Waals surface area contributed by atoms with Crippen molar-refractivity contribution in [3.8, 4) is 0 Å². The van der Waals surface area contributed by atoms with Crippen molar-refractivity contribution in [2.24, 2.45) is 5.92 Å². The van der Waals surface area contributed by atoms with Crippen LogP contribution in [0.5, 0.6) is 0 Å². The molecule has 0 saturated carbocycles. The quantitative estimate of drug-likeness (QED) is 0.522. The summed E-state index contributed by atoms with van der Waals surface area (Å²) >= 11 is 0. The van der Waals surface area contributed by atoms with Gasteiger partial charge >= 0.3 is 0 Å². The third-order valence-corrected chi connectivity index (χ3v) is 1.02. The Morgan fingerprint density at radius 3 is 2.00 bits per heavy atom. The molecule has 0 unspecified atom stereocenters. The highest BCUT2D eigenvalue weighted by Crippen LogP contribution is 1.93. The highest BCUT2D eigenvalue weighted by molar-refractivity contribution is 5.10. The van der Waals surface area contributed by atoms with E-state index in [2.05, 4.69) is 26.0 Å². The average Bonchev–Trinajstić information content (AvgIpc) is 1.87. The van der Waals surface area contributed by atoms with Gasteiger partial charge in [0.15, 0.2) is 0 Å². The molecule has 0 aliphatic rings. The fourth-order valence-electron chi connectivity index (χ4n) is 0.526. The summed E-state index contributed by atoms with van der Waals surface area (Å²) in [7, 11) is 0. The SMILES string of the molecule is C\C=C/C=C\C=C/C(C)C. The van der Waals surface area contributed by atoms with Crippen LogP contribution in [0.1, 0.15) is 20.8 Å². The van der Waals surface area contributed by atoms with Crippen molar-refractivity contribution in [1.29, 1.82) is 0 Å². The third-order valence-electron chi connectivity index (χ3n) is 1.02. The predicted octanol–water partition coefficient (Wildman–Crippen LogP) is 3.33. The highest BCUT2D eigenvalue weighted by Gasteiger charge is 1.78.